The predicted molar refractivity (Wildman–Crippen MR) is 58.7 cm³/mol. The van der Waals surface area contributed by atoms with Crippen molar-refractivity contribution in [1.29, 1.82) is 0 Å². The molecule has 4 nitrogen and oxygen atoms in total. The zero-order valence-electron chi connectivity index (χ0n) is 8.70. The minimum atomic E-state index is -0.519. The summed E-state index contributed by atoms with van der Waals surface area (Å²) < 4.78 is 0. The maximum Gasteiger partial charge on any atom is 0.234 e. The number of nitrogens with two attached hydrogens (primary N) is 2. The lowest BCUT2D eigenvalue weighted by Gasteiger charge is -2.17. The van der Waals surface area contributed by atoms with Crippen LogP contribution >= 0.6 is 0 Å². The molecule has 15 heavy (non-hydrogen) atoms. The Morgan fingerprint density at radius 3 is 3.20 bits per heavy atom. The van der Waals surface area contributed by atoms with E-state index in [9.17, 15) is 4.79 Å². The van der Waals surface area contributed by atoms with Gasteiger partial charge in [-0.1, -0.05) is 6.08 Å². The SMILES string of the molecule is NC(=O)C(N)CC1CNC2=C1CCC=C2. The molecule has 2 unspecified atom stereocenters. The third kappa shape index (κ3) is 2.04. The van der Waals surface area contributed by atoms with Crippen LogP contribution in [0.15, 0.2) is 23.4 Å². The van der Waals surface area contributed by atoms with Crippen LogP contribution < -0.4 is 16.8 Å². The maximum absolute atomic E-state index is 10.9. The van der Waals surface area contributed by atoms with Gasteiger partial charge in [-0.05, 0) is 30.9 Å². The van der Waals surface area contributed by atoms with Crippen LogP contribution in [0.3, 0.4) is 0 Å². The summed E-state index contributed by atoms with van der Waals surface area (Å²) in [6.07, 6.45) is 7.11. The van der Waals surface area contributed by atoms with Crippen LogP contribution in [0.1, 0.15) is 19.3 Å². The van der Waals surface area contributed by atoms with Crippen LogP contribution in [0, 0.1) is 5.92 Å². The van der Waals surface area contributed by atoms with Crippen molar-refractivity contribution in [2.24, 2.45) is 17.4 Å². The van der Waals surface area contributed by atoms with E-state index in [2.05, 4.69) is 17.5 Å². The fraction of sp³-hybridized carbons (Fsp3) is 0.545. The van der Waals surface area contributed by atoms with E-state index >= 15 is 0 Å². The first-order valence-electron chi connectivity index (χ1n) is 5.37. The minimum absolute atomic E-state index is 0.382. The second-order valence-corrected chi connectivity index (χ2v) is 4.20. The average Bonchev–Trinajstić information content (AvgIpc) is 2.62. The van der Waals surface area contributed by atoms with E-state index in [1.807, 2.05) is 0 Å². The van der Waals surface area contributed by atoms with Crippen molar-refractivity contribution in [3.05, 3.63) is 23.4 Å². The third-order valence-corrected chi connectivity index (χ3v) is 3.15. The quantitative estimate of drug-likeness (QED) is 0.610. The first-order chi connectivity index (χ1) is 7.18. The number of hydrogen-bond acceptors (Lipinski definition) is 3. The molecule has 0 aromatic carbocycles. The molecule has 1 aliphatic heterocycles. The lowest BCUT2D eigenvalue weighted by atomic mass is 9.88. The topological polar surface area (TPSA) is 81.1 Å². The molecule has 0 aromatic rings. The Hall–Kier alpha value is -1.29. The van der Waals surface area contributed by atoms with Gasteiger partial charge < -0.3 is 16.8 Å². The fourth-order valence-electron chi connectivity index (χ4n) is 2.28. The summed E-state index contributed by atoms with van der Waals surface area (Å²) in [4.78, 5) is 10.9. The Balaban J connectivity index is 2.03. The van der Waals surface area contributed by atoms with E-state index in [4.69, 9.17) is 11.5 Å². The summed E-state index contributed by atoms with van der Waals surface area (Å²) in [5, 5.41) is 3.34. The Bertz CT molecular complexity index is 333. The molecule has 1 heterocycles. The normalized spacial score (nSPS) is 26.1. The lowest BCUT2D eigenvalue weighted by molar-refractivity contribution is -0.119. The van der Waals surface area contributed by atoms with Crippen molar-refractivity contribution in [2.75, 3.05) is 6.54 Å². The fourth-order valence-corrected chi connectivity index (χ4v) is 2.28. The molecular weight excluding hydrogens is 190 g/mol. The van der Waals surface area contributed by atoms with E-state index in [0.717, 1.165) is 19.4 Å². The lowest BCUT2D eigenvalue weighted by Crippen LogP contribution is -2.38. The Morgan fingerprint density at radius 2 is 2.47 bits per heavy atom. The summed E-state index contributed by atoms with van der Waals surface area (Å²) in [6.45, 7) is 0.885. The molecular formula is C11H17N3O. The molecule has 0 saturated heterocycles. The van der Waals surface area contributed by atoms with E-state index < -0.39 is 11.9 Å². The van der Waals surface area contributed by atoms with Crippen molar-refractivity contribution >= 4 is 5.91 Å². The molecule has 0 saturated carbocycles. The van der Waals surface area contributed by atoms with Gasteiger partial charge in [-0.2, -0.15) is 0 Å². The number of rotatable bonds is 3. The largest absolute Gasteiger partial charge is 0.384 e. The molecule has 1 amide bonds. The molecule has 2 atom stereocenters. The van der Waals surface area contributed by atoms with Crippen LogP contribution in [-0.4, -0.2) is 18.5 Å². The monoisotopic (exact) mass is 207 g/mol. The maximum atomic E-state index is 10.9. The van der Waals surface area contributed by atoms with Crippen LogP contribution in [0.2, 0.25) is 0 Å². The van der Waals surface area contributed by atoms with Crippen molar-refractivity contribution in [3.63, 3.8) is 0 Å². The van der Waals surface area contributed by atoms with Gasteiger partial charge in [-0.3, -0.25) is 4.79 Å². The van der Waals surface area contributed by atoms with Crippen molar-refractivity contribution in [1.82, 2.24) is 5.32 Å². The number of nitrogens with one attached hydrogen (secondary N) is 1. The molecule has 2 rings (SSSR count). The number of amides is 1. The zero-order chi connectivity index (χ0) is 10.8. The first-order valence-corrected chi connectivity index (χ1v) is 5.37. The molecule has 0 radical (unpaired) electrons. The number of carbonyl (C=O) groups is 1. The highest BCUT2D eigenvalue weighted by Gasteiger charge is 2.27. The van der Waals surface area contributed by atoms with Crippen LogP contribution in [0.4, 0.5) is 0 Å². The molecule has 0 spiro atoms. The van der Waals surface area contributed by atoms with E-state index in [0.29, 0.717) is 12.3 Å². The summed E-state index contributed by atoms with van der Waals surface area (Å²) in [5.41, 5.74) is 13.5. The molecule has 5 N–H and O–H groups in total. The van der Waals surface area contributed by atoms with Crippen molar-refractivity contribution < 1.29 is 4.79 Å². The smallest absolute Gasteiger partial charge is 0.234 e. The second-order valence-electron chi connectivity index (χ2n) is 4.20. The van der Waals surface area contributed by atoms with E-state index in [1.165, 1.54) is 11.3 Å². The van der Waals surface area contributed by atoms with Gasteiger partial charge in [0.15, 0.2) is 0 Å². The van der Waals surface area contributed by atoms with Crippen molar-refractivity contribution in [3.8, 4) is 0 Å². The predicted octanol–water partition coefficient (Wildman–Crippen LogP) is 0.0126. The highest BCUT2D eigenvalue weighted by atomic mass is 16.1. The van der Waals surface area contributed by atoms with Crippen LogP contribution in [-0.2, 0) is 4.79 Å². The van der Waals surface area contributed by atoms with Gasteiger partial charge in [0.1, 0.15) is 0 Å². The van der Waals surface area contributed by atoms with Crippen LogP contribution in [0.25, 0.3) is 0 Å². The number of carbonyl (C=O) groups excluding carboxylic acids is 1. The summed E-state index contributed by atoms with van der Waals surface area (Å²) in [5.74, 6) is -0.0251. The highest BCUT2D eigenvalue weighted by Crippen LogP contribution is 2.31. The molecule has 4 heteroatoms. The van der Waals surface area contributed by atoms with Gasteiger partial charge in [-0.15, -0.1) is 0 Å². The highest BCUT2D eigenvalue weighted by molar-refractivity contribution is 5.79. The number of hydrogen-bond donors (Lipinski definition) is 3. The Labute approximate surface area is 89.4 Å². The van der Waals surface area contributed by atoms with Crippen LogP contribution in [0.5, 0.6) is 0 Å². The average molecular weight is 207 g/mol. The first kappa shape index (κ1) is 10.2. The van der Waals surface area contributed by atoms with E-state index in [1.54, 1.807) is 0 Å². The summed E-state index contributed by atoms with van der Waals surface area (Å²) in [7, 11) is 0. The number of allylic oxidation sites excluding steroid dienone is 2. The minimum Gasteiger partial charge on any atom is -0.384 e. The molecule has 82 valence electrons. The molecule has 0 fully saturated rings. The van der Waals surface area contributed by atoms with Gasteiger partial charge in [0.05, 0.1) is 6.04 Å². The molecule has 0 bridgehead atoms. The standard InChI is InChI=1S/C11H17N3O/c12-9(11(13)15)5-7-6-14-10-4-2-1-3-8(7)10/h2,4,7,9,14H,1,3,5-6,12H2,(H2,13,15). The van der Waals surface area contributed by atoms with E-state index in [-0.39, 0.29) is 0 Å². The zero-order valence-corrected chi connectivity index (χ0v) is 8.70. The number of primary amides is 1. The second kappa shape index (κ2) is 4.06. The van der Waals surface area contributed by atoms with Gasteiger partial charge in [0, 0.05) is 18.2 Å². The van der Waals surface area contributed by atoms with Gasteiger partial charge >= 0.3 is 0 Å². The summed E-state index contributed by atoms with van der Waals surface area (Å²) >= 11 is 0. The van der Waals surface area contributed by atoms with Gasteiger partial charge in [0.2, 0.25) is 5.91 Å². The van der Waals surface area contributed by atoms with Crippen molar-refractivity contribution in [2.45, 2.75) is 25.3 Å². The molecule has 2 aliphatic rings. The third-order valence-electron chi connectivity index (χ3n) is 3.15. The summed E-state index contributed by atoms with van der Waals surface area (Å²) in [6, 6.07) is -0.519. The molecule has 1 aliphatic carbocycles. The van der Waals surface area contributed by atoms with Gasteiger partial charge in [0.25, 0.3) is 0 Å². The van der Waals surface area contributed by atoms with Gasteiger partial charge in [-0.25, -0.2) is 0 Å². The Morgan fingerprint density at radius 1 is 1.67 bits per heavy atom. The Kier molecular flexibility index (Phi) is 2.77. The molecule has 0 aromatic heterocycles.